The predicted molar refractivity (Wildman–Crippen MR) is 160 cm³/mol. The third-order valence-electron chi connectivity index (χ3n) is 7.46. The van der Waals surface area contributed by atoms with Crippen LogP contribution in [0.3, 0.4) is 0 Å². The zero-order chi connectivity index (χ0) is 27.0. The summed E-state index contributed by atoms with van der Waals surface area (Å²) in [6.45, 7) is 15.7. The first-order valence-corrected chi connectivity index (χ1v) is 15.4. The van der Waals surface area contributed by atoms with E-state index in [4.69, 9.17) is 0 Å². The van der Waals surface area contributed by atoms with E-state index in [9.17, 15) is 5.26 Å². The minimum Gasteiger partial charge on any atom is -0.371 e. The van der Waals surface area contributed by atoms with E-state index >= 15 is 0 Å². The number of hydrogen-bond donors (Lipinski definition) is 0. The van der Waals surface area contributed by atoms with E-state index in [1.165, 1.54) is 68.6 Å². The van der Waals surface area contributed by atoms with Crippen molar-refractivity contribution in [3.63, 3.8) is 0 Å². The number of aromatic nitrogens is 1. The lowest BCUT2D eigenvalue weighted by molar-refractivity contribution is 0.403. The molecule has 5 nitrogen and oxygen atoms in total. The zero-order valence-electron chi connectivity index (χ0n) is 24.2. The summed E-state index contributed by atoms with van der Waals surface area (Å²) in [7, 11) is 0. The van der Waals surface area contributed by atoms with Gasteiger partial charge in [0.25, 0.3) is 0 Å². The van der Waals surface area contributed by atoms with E-state index in [2.05, 4.69) is 85.3 Å². The Bertz CT molecular complexity index is 972. The quantitative estimate of drug-likeness (QED) is 0.182. The van der Waals surface area contributed by atoms with Gasteiger partial charge in [-0.15, -0.1) is 10.2 Å². The first kappa shape index (κ1) is 31.0. The Hall–Kier alpha value is -2.26. The monoisotopic (exact) mass is 523 g/mol. The molecule has 6 heteroatoms. The lowest BCUT2D eigenvalue weighted by atomic mass is 9.95. The highest BCUT2D eigenvalue weighted by molar-refractivity contribution is 7.10. The van der Waals surface area contributed by atoms with Crippen LogP contribution < -0.4 is 4.90 Å². The molecular formula is C31H49N5S. The molecule has 37 heavy (non-hydrogen) atoms. The van der Waals surface area contributed by atoms with Crippen molar-refractivity contribution in [2.75, 3.05) is 18.0 Å². The molecule has 204 valence electrons. The van der Waals surface area contributed by atoms with Crippen LogP contribution in [0.4, 0.5) is 16.4 Å². The van der Waals surface area contributed by atoms with E-state index in [0.717, 1.165) is 61.1 Å². The molecule has 0 N–H and O–H groups in total. The van der Waals surface area contributed by atoms with Crippen LogP contribution in [-0.2, 0) is 6.42 Å². The van der Waals surface area contributed by atoms with Gasteiger partial charge in [0.05, 0.1) is 11.4 Å². The maximum absolute atomic E-state index is 9.64. The predicted octanol–water partition coefficient (Wildman–Crippen LogP) is 10.3. The van der Waals surface area contributed by atoms with Gasteiger partial charge in [-0.3, -0.25) is 0 Å². The summed E-state index contributed by atoms with van der Waals surface area (Å²) in [4.78, 5) is 2.64. The van der Waals surface area contributed by atoms with Gasteiger partial charge < -0.3 is 4.90 Å². The minimum atomic E-state index is 0.582. The number of rotatable bonds is 18. The number of benzene rings is 1. The van der Waals surface area contributed by atoms with Crippen LogP contribution in [0.25, 0.3) is 0 Å². The van der Waals surface area contributed by atoms with Gasteiger partial charge in [0.1, 0.15) is 11.6 Å². The number of azo groups is 1. The second-order valence-corrected chi connectivity index (χ2v) is 11.2. The molecule has 1 aromatic carbocycles. The molecule has 2 unspecified atom stereocenters. The molecule has 0 aliphatic rings. The summed E-state index contributed by atoms with van der Waals surface area (Å²) >= 11 is 1.27. The molecule has 0 spiro atoms. The van der Waals surface area contributed by atoms with Crippen LogP contribution >= 0.6 is 11.5 Å². The van der Waals surface area contributed by atoms with Gasteiger partial charge in [-0.2, -0.15) is 9.64 Å². The molecule has 0 aliphatic carbocycles. The highest BCUT2D eigenvalue weighted by Crippen LogP contribution is 2.33. The highest BCUT2D eigenvalue weighted by Gasteiger charge is 2.18. The lowest BCUT2D eigenvalue weighted by Gasteiger charge is -2.33. The van der Waals surface area contributed by atoms with E-state index < -0.39 is 0 Å². The number of unbranched alkanes of at least 4 members (excludes halogenated alkanes) is 3. The molecule has 0 bridgehead atoms. The Morgan fingerprint density at radius 1 is 0.919 bits per heavy atom. The molecule has 0 aliphatic heterocycles. The van der Waals surface area contributed by atoms with Crippen molar-refractivity contribution >= 4 is 27.9 Å². The topological polar surface area (TPSA) is 64.6 Å². The molecule has 1 aromatic heterocycles. The van der Waals surface area contributed by atoms with E-state index in [0.29, 0.717) is 10.6 Å². The summed E-state index contributed by atoms with van der Waals surface area (Å²) in [6.07, 6.45) is 13.1. The van der Waals surface area contributed by atoms with Gasteiger partial charge in [-0.05, 0) is 79.7 Å². The number of hydrogen-bond acceptors (Lipinski definition) is 6. The van der Waals surface area contributed by atoms with Crippen LogP contribution in [0.1, 0.15) is 116 Å². The Kier molecular flexibility index (Phi) is 14.5. The molecule has 0 saturated heterocycles. The van der Waals surface area contributed by atoms with Crippen LogP contribution in [0, 0.1) is 30.1 Å². The summed E-state index contributed by atoms with van der Waals surface area (Å²) < 4.78 is 4.47. The second kappa shape index (κ2) is 17.3. The third kappa shape index (κ3) is 9.85. The van der Waals surface area contributed by atoms with Gasteiger partial charge in [-0.25, -0.2) is 0 Å². The summed E-state index contributed by atoms with van der Waals surface area (Å²) in [6, 6.07) is 8.87. The first-order valence-electron chi connectivity index (χ1n) is 14.7. The average molecular weight is 524 g/mol. The molecule has 0 fully saturated rings. The smallest absolute Gasteiger partial charge is 0.176 e. The van der Waals surface area contributed by atoms with Crippen molar-refractivity contribution in [2.45, 2.75) is 112 Å². The molecule has 0 saturated carbocycles. The first-order chi connectivity index (χ1) is 18.0. The van der Waals surface area contributed by atoms with Gasteiger partial charge in [0.2, 0.25) is 0 Å². The van der Waals surface area contributed by atoms with E-state index in [-0.39, 0.29) is 0 Å². The second-order valence-electron chi connectivity index (χ2n) is 10.4. The van der Waals surface area contributed by atoms with Crippen molar-refractivity contribution in [2.24, 2.45) is 22.1 Å². The average Bonchev–Trinajstić information content (AvgIpc) is 3.31. The summed E-state index contributed by atoms with van der Waals surface area (Å²) in [5.41, 5.74) is 4.70. The molecule has 0 radical (unpaired) electrons. The number of aryl methyl sites for hydroxylation is 2. The van der Waals surface area contributed by atoms with Gasteiger partial charge in [-0.1, -0.05) is 79.6 Å². The molecule has 2 aromatic rings. The largest absolute Gasteiger partial charge is 0.371 e. The maximum Gasteiger partial charge on any atom is 0.176 e. The fourth-order valence-electron chi connectivity index (χ4n) is 4.80. The summed E-state index contributed by atoms with van der Waals surface area (Å²) in [5, 5.41) is 19.2. The van der Waals surface area contributed by atoms with Crippen molar-refractivity contribution in [3.8, 4) is 6.07 Å². The number of nitrogens with zero attached hydrogens (tertiary/aromatic N) is 5. The molecule has 1 heterocycles. The Balaban J connectivity index is 2.26. The van der Waals surface area contributed by atoms with Crippen LogP contribution in [-0.4, -0.2) is 17.5 Å². The van der Waals surface area contributed by atoms with Crippen molar-refractivity contribution < 1.29 is 0 Å². The Labute approximate surface area is 230 Å². The number of nitriles is 1. The van der Waals surface area contributed by atoms with Crippen molar-refractivity contribution in [1.29, 1.82) is 5.26 Å². The molecule has 0 amide bonds. The Morgan fingerprint density at radius 2 is 1.54 bits per heavy atom. The molecular weight excluding hydrogens is 474 g/mol. The minimum absolute atomic E-state index is 0.582. The zero-order valence-corrected chi connectivity index (χ0v) is 25.0. The van der Waals surface area contributed by atoms with Crippen LogP contribution in [0.5, 0.6) is 0 Å². The third-order valence-corrected chi connectivity index (χ3v) is 8.23. The van der Waals surface area contributed by atoms with E-state index in [1.807, 2.05) is 0 Å². The van der Waals surface area contributed by atoms with Gasteiger partial charge in [0, 0.05) is 18.8 Å². The summed E-state index contributed by atoms with van der Waals surface area (Å²) in [5.74, 6) is 1.45. The normalized spacial score (nSPS) is 13.1. The number of anilines is 1. The maximum atomic E-state index is 9.64. The van der Waals surface area contributed by atoms with Crippen LogP contribution in [0.15, 0.2) is 28.4 Å². The molecule has 2 atom stereocenters. The SMILES string of the molecule is CCCCc1nsc(/N=N/c2ccc(N(CC(CC)CCCC)CC(CC)CCCC)cc2C)c1C#N. The van der Waals surface area contributed by atoms with Gasteiger partial charge >= 0.3 is 0 Å². The standard InChI is InChI=1S/C31H49N5S/c1-7-12-15-25(10-4)22-36(23-26(11-5)16-13-8-2)27-18-19-29(24(6)20-27)33-34-31-28(21-32)30(35-37-31)17-14-9-3/h18-20,25-26H,7-17,22-23H2,1-6H3/b34-33+. The van der Waals surface area contributed by atoms with Crippen LogP contribution in [0.2, 0.25) is 0 Å². The lowest BCUT2D eigenvalue weighted by Crippen LogP contribution is -2.34. The fraction of sp³-hybridized carbons (Fsp3) is 0.677. The Morgan fingerprint density at radius 3 is 2.05 bits per heavy atom. The highest BCUT2D eigenvalue weighted by atomic mass is 32.1. The van der Waals surface area contributed by atoms with Crippen molar-refractivity contribution in [3.05, 3.63) is 35.0 Å². The van der Waals surface area contributed by atoms with Gasteiger partial charge in [0.15, 0.2) is 5.00 Å². The fourth-order valence-corrected chi connectivity index (χ4v) is 5.51. The van der Waals surface area contributed by atoms with E-state index in [1.54, 1.807) is 0 Å². The molecule has 2 rings (SSSR count). The van der Waals surface area contributed by atoms with Crippen molar-refractivity contribution in [1.82, 2.24) is 4.37 Å².